The summed E-state index contributed by atoms with van der Waals surface area (Å²) >= 11 is 0. The summed E-state index contributed by atoms with van der Waals surface area (Å²) in [6, 6.07) is 7.63. The molecule has 3 N–H and O–H groups in total. The number of nitrogens with zero attached hydrogens (tertiary/aromatic N) is 4. The van der Waals surface area contributed by atoms with Crippen LogP contribution in [0.4, 0.5) is 0 Å². The number of fused-ring (bicyclic) bond motifs is 1. The number of aliphatic imine (C=N–C) groups is 1. The largest absolute Gasteiger partial charge is 0.394 e. The molecule has 0 aliphatic carbocycles. The average Bonchev–Trinajstić information content (AvgIpc) is 2.95. The Labute approximate surface area is 157 Å². The number of benzene rings is 1. The number of aliphatic hydroxyl groups excluding tert-OH is 1. The van der Waals surface area contributed by atoms with Crippen molar-refractivity contribution in [3.8, 4) is 0 Å². The van der Waals surface area contributed by atoms with Crippen LogP contribution in [0.15, 0.2) is 53.7 Å². The third kappa shape index (κ3) is 5.36. The van der Waals surface area contributed by atoms with Crippen molar-refractivity contribution in [2.45, 2.75) is 25.2 Å². The molecule has 0 radical (unpaired) electrons. The quantitative estimate of drug-likeness (QED) is 0.380. The van der Waals surface area contributed by atoms with Gasteiger partial charge in [0.15, 0.2) is 0 Å². The molecule has 0 fully saturated rings. The smallest absolute Gasteiger partial charge is 0.145 e. The Balaban J connectivity index is 1.66. The number of amidine groups is 1. The Morgan fingerprint density at radius 3 is 3.11 bits per heavy atom. The summed E-state index contributed by atoms with van der Waals surface area (Å²) in [4.78, 5) is 5.89. The van der Waals surface area contributed by atoms with E-state index in [9.17, 15) is 5.11 Å². The minimum atomic E-state index is -0.215. The summed E-state index contributed by atoms with van der Waals surface area (Å²) < 4.78 is 10.8. The SMILES string of the molecule is COC/N=C(\C=C/N[C@H]1CC=CC[C@@H](CO)O1)Nn1nnc2ccccc21. The molecule has 9 nitrogen and oxygen atoms in total. The third-order valence-electron chi connectivity index (χ3n) is 3.94. The molecular weight excluding hydrogens is 348 g/mol. The highest BCUT2D eigenvalue weighted by molar-refractivity contribution is 5.99. The number of aliphatic hydroxyl groups is 1. The Hall–Kier alpha value is -2.75. The molecule has 1 aliphatic heterocycles. The maximum atomic E-state index is 9.31. The molecule has 2 atom stereocenters. The number of nitrogens with one attached hydrogen (secondary N) is 2. The van der Waals surface area contributed by atoms with Gasteiger partial charge in [-0.05, 0) is 29.8 Å². The second kappa shape index (κ2) is 9.81. The number of para-hydroxylation sites is 1. The van der Waals surface area contributed by atoms with E-state index in [0.717, 1.165) is 11.0 Å². The van der Waals surface area contributed by atoms with Gasteiger partial charge in [0.05, 0.1) is 12.7 Å². The standard InChI is InChI=1S/C18H24N6O3/c1-26-13-20-17(22-24-16-8-4-3-7-15(16)21-23-24)10-11-19-18-9-5-2-6-14(12-25)27-18/h2-5,7-8,10-11,14,18-19,25H,6,9,12-13H2,1H3,(H,20,22)/b11-10-/t14-,18+/m0/s1. The van der Waals surface area contributed by atoms with E-state index in [1.165, 1.54) is 0 Å². The molecule has 0 bridgehead atoms. The molecule has 1 aromatic heterocycles. The molecule has 144 valence electrons. The van der Waals surface area contributed by atoms with Crippen molar-refractivity contribution in [1.82, 2.24) is 20.4 Å². The predicted octanol–water partition coefficient (Wildman–Crippen LogP) is 1.13. The number of hydrogen-bond donors (Lipinski definition) is 3. The fourth-order valence-corrected chi connectivity index (χ4v) is 2.59. The van der Waals surface area contributed by atoms with Gasteiger partial charge in [-0.15, -0.1) is 5.10 Å². The highest BCUT2D eigenvalue weighted by Gasteiger charge is 2.15. The molecule has 0 unspecified atom stereocenters. The number of ether oxygens (including phenoxy) is 2. The Morgan fingerprint density at radius 1 is 1.41 bits per heavy atom. The van der Waals surface area contributed by atoms with Crippen LogP contribution in [0.1, 0.15) is 12.8 Å². The predicted molar refractivity (Wildman–Crippen MR) is 103 cm³/mol. The van der Waals surface area contributed by atoms with E-state index >= 15 is 0 Å². The first-order valence-corrected chi connectivity index (χ1v) is 8.75. The second-order valence-electron chi connectivity index (χ2n) is 5.94. The van der Waals surface area contributed by atoms with Crippen molar-refractivity contribution in [1.29, 1.82) is 0 Å². The normalized spacial score (nSPS) is 20.9. The summed E-state index contributed by atoms with van der Waals surface area (Å²) in [7, 11) is 1.58. The minimum absolute atomic E-state index is 0.00624. The maximum absolute atomic E-state index is 9.31. The summed E-state index contributed by atoms with van der Waals surface area (Å²) in [6.07, 6.45) is 8.59. The molecule has 0 saturated carbocycles. The van der Waals surface area contributed by atoms with E-state index in [1.807, 2.05) is 36.4 Å². The summed E-state index contributed by atoms with van der Waals surface area (Å²) in [5.41, 5.74) is 4.72. The van der Waals surface area contributed by atoms with Crippen molar-refractivity contribution in [2.75, 3.05) is 25.9 Å². The molecule has 3 rings (SSSR count). The van der Waals surface area contributed by atoms with E-state index < -0.39 is 0 Å². The van der Waals surface area contributed by atoms with Gasteiger partial charge in [0, 0.05) is 19.7 Å². The molecule has 1 aromatic carbocycles. The molecule has 0 saturated heterocycles. The number of aromatic nitrogens is 3. The van der Waals surface area contributed by atoms with Crippen LogP contribution >= 0.6 is 0 Å². The monoisotopic (exact) mass is 372 g/mol. The summed E-state index contributed by atoms with van der Waals surface area (Å²) in [5, 5.41) is 20.7. The van der Waals surface area contributed by atoms with E-state index in [4.69, 9.17) is 9.47 Å². The average molecular weight is 372 g/mol. The van der Waals surface area contributed by atoms with Crippen LogP contribution in [0.3, 0.4) is 0 Å². The fourth-order valence-electron chi connectivity index (χ4n) is 2.59. The zero-order valence-electron chi connectivity index (χ0n) is 15.2. The highest BCUT2D eigenvalue weighted by Crippen LogP contribution is 2.11. The molecule has 9 heteroatoms. The van der Waals surface area contributed by atoms with Crippen LogP contribution in [-0.4, -0.2) is 58.8 Å². The number of hydrogen-bond acceptors (Lipinski definition) is 7. The van der Waals surface area contributed by atoms with Crippen molar-refractivity contribution in [3.05, 3.63) is 48.7 Å². The van der Waals surface area contributed by atoms with Gasteiger partial charge in [0.25, 0.3) is 0 Å². The van der Waals surface area contributed by atoms with Gasteiger partial charge >= 0.3 is 0 Å². The van der Waals surface area contributed by atoms with E-state index in [-0.39, 0.29) is 25.7 Å². The lowest BCUT2D eigenvalue weighted by Gasteiger charge is -2.20. The van der Waals surface area contributed by atoms with Crippen molar-refractivity contribution in [3.63, 3.8) is 0 Å². The summed E-state index contributed by atoms with van der Waals surface area (Å²) in [5.74, 6) is 0.544. The van der Waals surface area contributed by atoms with Gasteiger partial charge < -0.3 is 19.9 Å². The molecule has 27 heavy (non-hydrogen) atoms. The van der Waals surface area contributed by atoms with Crippen molar-refractivity contribution >= 4 is 16.9 Å². The van der Waals surface area contributed by atoms with Gasteiger partial charge in [0.1, 0.15) is 29.8 Å². The molecule has 2 aromatic rings. The van der Waals surface area contributed by atoms with Gasteiger partial charge in [0.2, 0.25) is 0 Å². The van der Waals surface area contributed by atoms with E-state index in [2.05, 4.69) is 26.0 Å². The molecule has 0 amide bonds. The lowest BCUT2D eigenvalue weighted by molar-refractivity contribution is -0.0413. The topological polar surface area (TPSA) is 106 Å². The van der Waals surface area contributed by atoms with Crippen LogP contribution in [-0.2, 0) is 9.47 Å². The second-order valence-corrected chi connectivity index (χ2v) is 5.94. The maximum Gasteiger partial charge on any atom is 0.145 e. The lowest BCUT2D eigenvalue weighted by atomic mass is 10.2. The van der Waals surface area contributed by atoms with E-state index in [1.54, 1.807) is 24.2 Å². The van der Waals surface area contributed by atoms with Gasteiger partial charge in [-0.25, -0.2) is 4.99 Å². The molecule has 2 heterocycles. The zero-order valence-corrected chi connectivity index (χ0v) is 15.2. The van der Waals surface area contributed by atoms with Crippen LogP contribution in [0.25, 0.3) is 11.0 Å². The van der Waals surface area contributed by atoms with Crippen LogP contribution in [0, 0.1) is 0 Å². The van der Waals surface area contributed by atoms with Gasteiger partial charge in [-0.2, -0.15) is 4.79 Å². The number of methoxy groups -OCH3 is 1. The van der Waals surface area contributed by atoms with Crippen LogP contribution < -0.4 is 10.7 Å². The Morgan fingerprint density at radius 2 is 2.26 bits per heavy atom. The highest BCUT2D eigenvalue weighted by atomic mass is 16.5. The first-order chi connectivity index (χ1) is 13.3. The van der Waals surface area contributed by atoms with Gasteiger partial charge in [-0.1, -0.05) is 24.3 Å². The zero-order chi connectivity index (χ0) is 18.9. The summed E-state index contributed by atoms with van der Waals surface area (Å²) in [6.45, 7) is 0.197. The van der Waals surface area contributed by atoms with Crippen LogP contribution in [0.5, 0.6) is 0 Å². The lowest BCUT2D eigenvalue weighted by Crippen LogP contribution is -2.32. The molecule has 0 spiro atoms. The molecule has 1 aliphatic rings. The third-order valence-corrected chi connectivity index (χ3v) is 3.94. The fraction of sp³-hybridized carbons (Fsp3) is 0.389. The molecular formula is C18H24N6O3. The van der Waals surface area contributed by atoms with Crippen LogP contribution in [0.2, 0.25) is 0 Å². The van der Waals surface area contributed by atoms with Gasteiger partial charge in [-0.3, -0.25) is 5.43 Å². The first kappa shape index (κ1) is 19.0. The van der Waals surface area contributed by atoms with E-state index in [0.29, 0.717) is 18.7 Å². The van der Waals surface area contributed by atoms with Crippen molar-refractivity contribution in [2.24, 2.45) is 4.99 Å². The Bertz CT molecular complexity index is 816. The van der Waals surface area contributed by atoms with Crippen molar-refractivity contribution < 1.29 is 14.6 Å². The Kier molecular flexibility index (Phi) is 6.91. The number of rotatable bonds is 7. The first-order valence-electron chi connectivity index (χ1n) is 8.75. The minimum Gasteiger partial charge on any atom is -0.394 e.